The van der Waals surface area contributed by atoms with Gasteiger partial charge in [0.2, 0.25) is 0 Å². The fourth-order valence-corrected chi connectivity index (χ4v) is 2.65. The van der Waals surface area contributed by atoms with Gasteiger partial charge in [-0.15, -0.1) is 24.0 Å². The first-order valence-corrected chi connectivity index (χ1v) is 7.99. The van der Waals surface area contributed by atoms with Crippen LogP contribution in [0.5, 0.6) is 0 Å². The number of unbranched alkanes of at least 4 members (excludes halogenated alkanes) is 2. The molecule has 1 fully saturated rings. The lowest BCUT2D eigenvalue weighted by Gasteiger charge is -2.25. The number of hydrogen-bond donors (Lipinski definition) is 2. The average Bonchev–Trinajstić information content (AvgIpc) is 2.92. The number of rotatable bonds is 9. The van der Waals surface area contributed by atoms with E-state index in [1.165, 1.54) is 38.6 Å². The van der Waals surface area contributed by atoms with Gasteiger partial charge in [0.15, 0.2) is 5.96 Å². The zero-order valence-corrected chi connectivity index (χ0v) is 16.2. The van der Waals surface area contributed by atoms with Gasteiger partial charge in [-0.25, -0.2) is 0 Å². The van der Waals surface area contributed by atoms with Crippen molar-refractivity contribution in [1.82, 2.24) is 15.5 Å². The van der Waals surface area contributed by atoms with Crippen molar-refractivity contribution in [3.63, 3.8) is 0 Å². The Labute approximate surface area is 147 Å². The Morgan fingerprint density at radius 1 is 1.33 bits per heavy atom. The minimum atomic E-state index is 0. The van der Waals surface area contributed by atoms with Gasteiger partial charge in [-0.2, -0.15) is 0 Å². The molecule has 1 heterocycles. The second kappa shape index (κ2) is 13.6. The van der Waals surface area contributed by atoms with Crippen molar-refractivity contribution < 1.29 is 4.74 Å². The van der Waals surface area contributed by atoms with Crippen molar-refractivity contribution in [2.24, 2.45) is 4.99 Å². The summed E-state index contributed by atoms with van der Waals surface area (Å²) in [5, 5.41) is 6.83. The first kappa shape index (κ1) is 20.9. The molecule has 0 saturated carbocycles. The first-order valence-electron chi connectivity index (χ1n) is 7.99. The molecule has 0 amide bonds. The third kappa shape index (κ3) is 8.83. The van der Waals surface area contributed by atoms with Gasteiger partial charge in [-0.1, -0.05) is 19.8 Å². The summed E-state index contributed by atoms with van der Waals surface area (Å²) in [5.74, 6) is 0.930. The SMILES string of the molecule is CCCCCNC(=NC)NCC1CCCN1CCOC.I. The lowest BCUT2D eigenvalue weighted by molar-refractivity contribution is 0.141. The standard InChI is InChI=1S/C15H32N4O.HI/c1-4-5-6-9-17-15(16-2)18-13-14-8-7-10-19(14)11-12-20-3;/h14H,4-13H2,1-3H3,(H2,16,17,18);1H. The van der Waals surface area contributed by atoms with E-state index in [2.05, 4.69) is 27.4 Å². The molecule has 0 spiro atoms. The lowest BCUT2D eigenvalue weighted by Crippen LogP contribution is -2.45. The van der Waals surface area contributed by atoms with E-state index in [0.29, 0.717) is 6.04 Å². The summed E-state index contributed by atoms with van der Waals surface area (Å²) in [7, 11) is 3.61. The number of halogens is 1. The van der Waals surface area contributed by atoms with Crippen molar-refractivity contribution in [1.29, 1.82) is 0 Å². The van der Waals surface area contributed by atoms with Gasteiger partial charge in [0, 0.05) is 39.8 Å². The number of likely N-dealkylation sites (tertiary alicyclic amines) is 1. The van der Waals surface area contributed by atoms with Crippen LogP contribution in [0.3, 0.4) is 0 Å². The van der Waals surface area contributed by atoms with Gasteiger partial charge < -0.3 is 15.4 Å². The third-order valence-electron chi connectivity index (χ3n) is 3.88. The summed E-state index contributed by atoms with van der Waals surface area (Å²) >= 11 is 0. The summed E-state index contributed by atoms with van der Waals surface area (Å²) in [6, 6.07) is 0.611. The Hall–Kier alpha value is -0.0800. The van der Waals surface area contributed by atoms with Gasteiger partial charge in [0.25, 0.3) is 0 Å². The van der Waals surface area contributed by atoms with Gasteiger partial charge in [0.05, 0.1) is 6.61 Å². The Kier molecular flexibility index (Phi) is 13.5. The summed E-state index contributed by atoms with van der Waals surface area (Å²) in [5.41, 5.74) is 0. The fraction of sp³-hybridized carbons (Fsp3) is 0.933. The first-order chi connectivity index (χ1) is 9.81. The average molecular weight is 412 g/mol. The van der Waals surface area contributed by atoms with Gasteiger partial charge in [0.1, 0.15) is 0 Å². The smallest absolute Gasteiger partial charge is 0.191 e. The molecule has 1 aliphatic rings. The fourth-order valence-electron chi connectivity index (χ4n) is 2.65. The summed E-state index contributed by atoms with van der Waals surface area (Å²) in [4.78, 5) is 6.80. The van der Waals surface area contributed by atoms with Crippen LogP contribution in [0.25, 0.3) is 0 Å². The molecule has 1 aliphatic heterocycles. The highest BCUT2D eigenvalue weighted by Gasteiger charge is 2.23. The molecule has 0 bridgehead atoms. The van der Waals surface area contributed by atoms with Crippen LogP contribution in [0.15, 0.2) is 4.99 Å². The molecule has 1 unspecified atom stereocenters. The van der Waals surface area contributed by atoms with E-state index in [9.17, 15) is 0 Å². The van der Waals surface area contributed by atoms with E-state index in [1.54, 1.807) is 7.11 Å². The van der Waals surface area contributed by atoms with Crippen LogP contribution in [0, 0.1) is 0 Å². The maximum absolute atomic E-state index is 5.18. The highest BCUT2D eigenvalue weighted by molar-refractivity contribution is 14.0. The number of aliphatic imine (C=N–C) groups is 1. The van der Waals surface area contributed by atoms with Crippen molar-refractivity contribution in [3.05, 3.63) is 0 Å². The zero-order chi connectivity index (χ0) is 14.6. The van der Waals surface area contributed by atoms with E-state index < -0.39 is 0 Å². The molecule has 0 radical (unpaired) electrons. The van der Waals surface area contributed by atoms with Crippen LogP contribution in [0.2, 0.25) is 0 Å². The molecule has 0 aromatic carbocycles. The number of guanidine groups is 1. The molecule has 21 heavy (non-hydrogen) atoms. The van der Waals surface area contributed by atoms with E-state index in [4.69, 9.17) is 4.74 Å². The van der Waals surface area contributed by atoms with Crippen LogP contribution < -0.4 is 10.6 Å². The molecule has 2 N–H and O–H groups in total. The Morgan fingerprint density at radius 2 is 2.14 bits per heavy atom. The highest BCUT2D eigenvalue weighted by Crippen LogP contribution is 2.15. The largest absolute Gasteiger partial charge is 0.383 e. The van der Waals surface area contributed by atoms with Crippen molar-refractivity contribution >= 4 is 29.9 Å². The van der Waals surface area contributed by atoms with E-state index >= 15 is 0 Å². The number of methoxy groups -OCH3 is 1. The van der Waals surface area contributed by atoms with Gasteiger partial charge in [-0.3, -0.25) is 9.89 Å². The number of hydrogen-bond acceptors (Lipinski definition) is 3. The second-order valence-corrected chi connectivity index (χ2v) is 5.41. The summed E-state index contributed by atoms with van der Waals surface area (Å²) in [6.07, 6.45) is 6.30. The summed E-state index contributed by atoms with van der Waals surface area (Å²) < 4.78 is 5.18. The minimum absolute atomic E-state index is 0. The number of ether oxygens (including phenoxy) is 1. The van der Waals surface area contributed by atoms with Crippen molar-refractivity contribution in [3.8, 4) is 0 Å². The van der Waals surface area contributed by atoms with Crippen molar-refractivity contribution in [2.75, 3.05) is 46.9 Å². The normalized spacial score (nSPS) is 19.4. The third-order valence-corrected chi connectivity index (χ3v) is 3.88. The van der Waals surface area contributed by atoms with E-state index in [0.717, 1.165) is 32.2 Å². The van der Waals surface area contributed by atoms with E-state index in [1.807, 2.05) is 7.05 Å². The predicted molar refractivity (Wildman–Crippen MR) is 101 cm³/mol. The Balaban J connectivity index is 0.00000400. The van der Waals surface area contributed by atoms with Crippen LogP contribution in [-0.2, 0) is 4.74 Å². The highest BCUT2D eigenvalue weighted by atomic mass is 127. The van der Waals surface area contributed by atoms with Gasteiger partial charge in [-0.05, 0) is 25.8 Å². The van der Waals surface area contributed by atoms with E-state index in [-0.39, 0.29) is 24.0 Å². The maximum Gasteiger partial charge on any atom is 0.191 e. The van der Waals surface area contributed by atoms with Gasteiger partial charge >= 0.3 is 0 Å². The molecule has 0 aliphatic carbocycles. The molecule has 0 aromatic heterocycles. The Morgan fingerprint density at radius 3 is 2.81 bits per heavy atom. The van der Waals surface area contributed by atoms with Crippen LogP contribution in [-0.4, -0.2) is 63.8 Å². The molecule has 1 saturated heterocycles. The Bertz CT molecular complexity index is 276. The molecular weight excluding hydrogens is 379 g/mol. The molecule has 6 heteroatoms. The topological polar surface area (TPSA) is 48.9 Å². The van der Waals surface area contributed by atoms with Crippen LogP contribution in [0.4, 0.5) is 0 Å². The quantitative estimate of drug-likeness (QED) is 0.264. The van der Waals surface area contributed by atoms with Crippen LogP contribution >= 0.6 is 24.0 Å². The molecule has 5 nitrogen and oxygen atoms in total. The number of nitrogens with zero attached hydrogens (tertiary/aromatic N) is 2. The molecule has 126 valence electrons. The van der Waals surface area contributed by atoms with Crippen LogP contribution in [0.1, 0.15) is 39.0 Å². The summed E-state index contributed by atoms with van der Waals surface area (Å²) in [6.45, 7) is 7.24. The molecular formula is C15H33IN4O. The molecule has 1 rings (SSSR count). The molecule has 0 aromatic rings. The molecule has 1 atom stereocenters. The maximum atomic E-state index is 5.18. The monoisotopic (exact) mass is 412 g/mol. The lowest BCUT2D eigenvalue weighted by atomic mass is 10.2. The van der Waals surface area contributed by atoms with Crippen molar-refractivity contribution in [2.45, 2.75) is 45.1 Å². The predicted octanol–water partition coefficient (Wildman–Crippen LogP) is 2.07. The zero-order valence-electron chi connectivity index (χ0n) is 13.9. The minimum Gasteiger partial charge on any atom is -0.383 e. The number of nitrogens with one attached hydrogen (secondary N) is 2. The second-order valence-electron chi connectivity index (χ2n) is 5.41.